The molecule has 1 aliphatic carbocycles. The number of hydrogen-bond acceptors (Lipinski definition) is 5. The third-order valence-corrected chi connectivity index (χ3v) is 6.29. The van der Waals surface area contributed by atoms with Crippen LogP contribution in [0.2, 0.25) is 0 Å². The van der Waals surface area contributed by atoms with Gasteiger partial charge in [-0.25, -0.2) is 9.59 Å². The van der Waals surface area contributed by atoms with Gasteiger partial charge in [-0.3, -0.25) is 9.48 Å². The van der Waals surface area contributed by atoms with Crippen LogP contribution < -0.4 is 16.4 Å². The van der Waals surface area contributed by atoms with Crippen LogP contribution in [0.4, 0.5) is 23.7 Å². The van der Waals surface area contributed by atoms with E-state index in [1.165, 1.54) is 24.2 Å². The van der Waals surface area contributed by atoms with Crippen LogP contribution in [-0.4, -0.2) is 45.0 Å². The van der Waals surface area contributed by atoms with Gasteiger partial charge in [-0.1, -0.05) is 25.7 Å². The number of urea groups is 1. The predicted octanol–water partition coefficient (Wildman–Crippen LogP) is 3.84. The second-order valence-electron chi connectivity index (χ2n) is 7.93. The fourth-order valence-electron chi connectivity index (χ4n) is 3.50. The van der Waals surface area contributed by atoms with Crippen LogP contribution in [0.3, 0.4) is 0 Å². The number of rotatable bonds is 6. The first-order chi connectivity index (χ1) is 16.0. The summed E-state index contributed by atoms with van der Waals surface area (Å²) in [5, 5.41) is 17.0. The first-order valence-corrected chi connectivity index (χ1v) is 11.5. The highest BCUT2D eigenvalue weighted by Gasteiger charge is 2.38. The maximum Gasteiger partial charge on any atom is 0.490 e. The number of carboxylic acid groups (broad SMARTS) is 1. The standard InChI is InChI=1S/C19H27N5O2S.C2HF3O2/c1-24-12-13(11-21-24)8-9-15-10-16(23-19(20)26)17(27-15)18(25)22-14-6-4-2-3-5-7-14;3-2(4,5)1(6)7/h10-12,14H,2-9H2,1H3,(H,22,25)(H3,20,23,26);(H,6,7). The molecule has 2 aromatic rings. The summed E-state index contributed by atoms with van der Waals surface area (Å²) in [6.45, 7) is 0. The van der Waals surface area contributed by atoms with Gasteiger partial charge in [0.1, 0.15) is 4.88 Å². The second-order valence-corrected chi connectivity index (χ2v) is 9.07. The Morgan fingerprint density at radius 3 is 2.32 bits per heavy atom. The molecule has 3 rings (SSSR count). The molecular formula is C21H28F3N5O4S. The fraction of sp³-hybridized carbons (Fsp3) is 0.524. The monoisotopic (exact) mass is 503 g/mol. The number of nitrogens with zero attached hydrogens (tertiary/aromatic N) is 2. The van der Waals surface area contributed by atoms with Crippen molar-refractivity contribution in [3.8, 4) is 0 Å². The molecule has 1 saturated carbocycles. The summed E-state index contributed by atoms with van der Waals surface area (Å²) in [7, 11) is 1.89. The average Bonchev–Trinajstić information content (AvgIpc) is 3.24. The lowest BCUT2D eigenvalue weighted by atomic mass is 10.1. The third-order valence-electron chi connectivity index (χ3n) is 5.10. The molecule has 13 heteroatoms. The minimum absolute atomic E-state index is 0.122. The lowest BCUT2D eigenvalue weighted by Gasteiger charge is -2.16. The van der Waals surface area contributed by atoms with Crippen molar-refractivity contribution in [1.29, 1.82) is 0 Å². The molecular weight excluding hydrogens is 475 g/mol. The van der Waals surface area contributed by atoms with Crippen LogP contribution in [0, 0.1) is 0 Å². The van der Waals surface area contributed by atoms with Gasteiger partial charge in [-0.2, -0.15) is 18.3 Å². The summed E-state index contributed by atoms with van der Waals surface area (Å²) in [6.07, 6.45) is 7.15. The van der Waals surface area contributed by atoms with E-state index >= 15 is 0 Å². The van der Waals surface area contributed by atoms with E-state index < -0.39 is 18.2 Å². The summed E-state index contributed by atoms with van der Waals surface area (Å²) in [4.78, 5) is 34.6. The van der Waals surface area contributed by atoms with Crippen molar-refractivity contribution >= 4 is 34.9 Å². The molecule has 9 nitrogen and oxygen atoms in total. The summed E-state index contributed by atoms with van der Waals surface area (Å²) >= 11 is 1.42. The zero-order chi connectivity index (χ0) is 25.3. The molecule has 1 aliphatic rings. The largest absolute Gasteiger partial charge is 0.490 e. The molecule has 5 N–H and O–H groups in total. The van der Waals surface area contributed by atoms with E-state index in [1.54, 1.807) is 4.68 Å². The highest BCUT2D eigenvalue weighted by molar-refractivity contribution is 7.14. The highest BCUT2D eigenvalue weighted by atomic mass is 32.1. The zero-order valence-electron chi connectivity index (χ0n) is 18.7. The number of carboxylic acids is 1. The van der Waals surface area contributed by atoms with Crippen molar-refractivity contribution < 1.29 is 32.7 Å². The van der Waals surface area contributed by atoms with E-state index in [1.807, 2.05) is 25.5 Å². The molecule has 0 radical (unpaired) electrons. The van der Waals surface area contributed by atoms with Gasteiger partial charge in [-0.05, 0) is 37.3 Å². The van der Waals surface area contributed by atoms with Gasteiger partial charge in [0.2, 0.25) is 0 Å². The first kappa shape index (κ1) is 27.2. The third kappa shape index (κ3) is 9.04. The Kier molecular flexibility index (Phi) is 9.90. The number of alkyl halides is 3. The molecule has 3 amide bonds. The SMILES string of the molecule is Cn1cc(CCc2cc(NC(N)=O)c(C(=O)NC3CCCCCC3)s2)cn1.O=C(O)C(F)(F)F. The molecule has 0 spiro atoms. The summed E-state index contributed by atoms with van der Waals surface area (Å²) in [5.41, 5.74) is 6.93. The number of thiophene rings is 1. The Morgan fingerprint density at radius 2 is 1.82 bits per heavy atom. The molecule has 0 bridgehead atoms. The number of anilines is 1. The van der Waals surface area contributed by atoms with Gasteiger partial charge in [0, 0.05) is 24.2 Å². The summed E-state index contributed by atoms with van der Waals surface area (Å²) in [6, 6.07) is 1.41. The minimum Gasteiger partial charge on any atom is -0.475 e. The molecule has 2 aromatic heterocycles. The summed E-state index contributed by atoms with van der Waals surface area (Å²) < 4.78 is 33.5. The molecule has 0 aliphatic heterocycles. The van der Waals surface area contributed by atoms with Gasteiger partial charge < -0.3 is 21.5 Å². The van der Waals surface area contributed by atoms with Gasteiger partial charge in [0.05, 0.1) is 11.9 Å². The molecule has 0 unspecified atom stereocenters. The Hall–Kier alpha value is -3.09. The van der Waals surface area contributed by atoms with Crippen LogP contribution in [0.15, 0.2) is 18.5 Å². The number of nitrogens with two attached hydrogens (primary N) is 1. The van der Waals surface area contributed by atoms with E-state index in [2.05, 4.69) is 15.7 Å². The van der Waals surface area contributed by atoms with Crippen LogP contribution in [0.1, 0.15) is 58.6 Å². The molecule has 0 atom stereocenters. The molecule has 2 heterocycles. The van der Waals surface area contributed by atoms with E-state index in [0.717, 1.165) is 49.0 Å². The Labute approximate surface area is 198 Å². The van der Waals surface area contributed by atoms with Crippen molar-refractivity contribution in [1.82, 2.24) is 15.1 Å². The van der Waals surface area contributed by atoms with Crippen molar-refractivity contribution in [2.45, 2.75) is 63.6 Å². The van der Waals surface area contributed by atoms with Gasteiger partial charge >= 0.3 is 18.2 Å². The number of aromatic nitrogens is 2. The van der Waals surface area contributed by atoms with Gasteiger partial charge in [-0.15, -0.1) is 11.3 Å². The number of nitrogens with one attached hydrogen (secondary N) is 2. The number of hydrogen-bond donors (Lipinski definition) is 4. The molecule has 0 aromatic carbocycles. The van der Waals surface area contributed by atoms with E-state index in [4.69, 9.17) is 15.6 Å². The first-order valence-electron chi connectivity index (χ1n) is 10.7. The van der Waals surface area contributed by atoms with Crippen molar-refractivity contribution in [3.63, 3.8) is 0 Å². The second kappa shape index (κ2) is 12.4. The number of carbonyl (C=O) groups excluding carboxylic acids is 2. The lowest BCUT2D eigenvalue weighted by molar-refractivity contribution is -0.192. The molecule has 34 heavy (non-hydrogen) atoms. The average molecular weight is 504 g/mol. The van der Waals surface area contributed by atoms with Crippen LogP contribution in [0.5, 0.6) is 0 Å². The smallest absolute Gasteiger partial charge is 0.475 e. The zero-order valence-corrected chi connectivity index (χ0v) is 19.5. The van der Waals surface area contributed by atoms with Crippen LogP contribution in [0.25, 0.3) is 0 Å². The van der Waals surface area contributed by atoms with E-state index in [0.29, 0.717) is 10.6 Å². The Bertz CT molecular complexity index is 981. The maximum absolute atomic E-state index is 12.8. The molecule has 1 fully saturated rings. The quantitative estimate of drug-likeness (QED) is 0.444. The number of amides is 3. The maximum atomic E-state index is 12.8. The normalized spacial score (nSPS) is 14.5. The predicted molar refractivity (Wildman–Crippen MR) is 121 cm³/mol. The number of primary amides is 1. The topological polar surface area (TPSA) is 139 Å². The number of aliphatic carboxylic acids is 1. The van der Waals surface area contributed by atoms with Gasteiger partial charge in [0.15, 0.2) is 0 Å². The number of carbonyl (C=O) groups is 3. The van der Waals surface area contributed by atoms with E-state index in [9.17, 15) is 22.8 Å². The van der Waals surface area contributed by atoms with Gasteiger partial charge in [0.25, 0.3) is 5.91 Å². The van der Waals surface area contributed by atoms with E-state index in [-0.39, 0.29) is 11.9 Å². The van der Waals surface area contributed by atoms with Crippen molar-refractivity contribution in [2.24, 2.45) is 12.8 Å². The Morgan fingerprint density at radius 1 is 1.21 bits per heavy atom. The summed E-state index contributed by atoms with van der Waals surface area (Å²) in [5.74, 6) is -2.88. The highest BCUT2D eigenvalue weighted by Crippen LogP contribution is 2.29. The molecule has 0 saturated heterocycles. The lowest BCUT2D eigenvalue weighted by Crippen LogP contribution is -2.34. The Balaban J connectivity index is 0.000000509. The van der Waals surface area contributed by atoms with Crippen molar-refractivity contribution in [3.05, 3.63) is 33.8 Å². The minimum atomic E-state index is -5.08. The number of aryl methyl sites for hydroxylation is 3. The van der Waals surface area contributed by atoms with Crippen LogP contribution >= 0.6 is 11.3 Å². The fourth-order valence-corrected chi connectivity index (χ4v) is 4.52. The van der Waals surface area contributed by atoms with Crippen LogP contribution in [-0.2, 0) is 24.7 Å². The van der Waals surface area contributed by atoms with Crippen molar-refractivity contribution in [2.75, 3.05) is 5.32 Å². The number of halogens is 3. The molecule has 188 valence electrons.